The quantitative estimate of drug-likeness (QED) is 0.116. The van der Waals surface area contributed by atoms with Crippen molar-refractivity contribution in [2.24, 2.45) is 0 Å². The normalized spacial score (nSPS) is 12.8. The molecule has 0 saturated heterocycles. The van der Waals surface area contributed by atoms with Crippen molar-refractivity contribution in [3.63, 3.8) is 0 Å². The van der Waals surface area contributed by atoms with Crippen LogP contribution in [0.4, 0.5) is 4.79 Å². The van der Waals surface area contributed by atoms with Gasteiger partial charge in [-0.3, -0.25) is 4.79 Å². The average molecular weight is 772 g/mol. The maximum absolute atomic E-state index is 14.4. The second-order valence-corrected chi connectivity index (χ2v) is 15.8. The molecule has 6 aromatic rings. The van der Waals surface area contributed by atoms with Gasteiger partial charge in [0, 0.05) is 34.5 Å². The SMILES string of the molecule is COC(=O)N[C@H](C(=O)NCc1ccc([C@@H](CO)N(Cc2ccnc(OC)c2)S(=O)(=O)c2ccc3scnc3c2)s1)C(c1ccccc1)c1ccccc1. The molecule has 274 valence electrons. The molecule has 0 aliphatic rings. The van der Waals surface area contributed by atoms with E-state index in [1.54, 1.807) is 35.8 Å². The summed E-state index contributed by atoms with van der Waals surface area (Å²) < 4.78 is 41.0. The number of methoxy groups -OCH3 is 2. The van der Waals surface area contributed by atoms with Crippen LogP contribution < -0.4 is 15.4 Å². The van der Waals surface area contributed by atoms with Crippen molar-refractivity contribution in [3.8, 4) is 5.88 Å². The number of benzene rings is 3. The maximum atomic E-state index is 14.4. The van der Waals surface area contributed by atoms with Crippen molar-refractivity contribution >= 4 is 54.9 Å². The first kappa shape index (κ1) is 37.6. The number of aliphatic hydroxyl groups excluding tert-OH is 1. The van der Waals surface area contributed by atoms with Crippen molar-refractivity contribution in [1.29, 1.82) is 0 Å². The van der Waals surface area contributed by atoms with E-state index < -0.39 is 46.6 Å². The number of thiophene rings is 1. The van der Waals surface area contributed by atoms with Gasteiger partial charge in [0.2, 0.25) is 21.8 Å². The molecule has 3 N–H and O–H groups in total. The number of pyridine rings is 1. The first-order valence-corrected chi connectivity index (χ1v) is 19.6. The molecule has 0 aliphatic heterocycles. The standard InChI is InChI=1S/C38H37N5O7S3/c1-49-34-19-25(17-18-39-34)22-43(53(47,48)29-14-16-32-30(20-29)41-24-51-32)31(23-44)33-15-13-28(52-33)21-40-37(45)36(42-38(46)50-2)35(26-9-5-3-6-10-26)27-11-7-4-8-12-27/h3-20,24,31,35-36,44H,21-23H2,1-2H3,(H,40,45)(H,42,46)/t31-,36+/m1/s1. The van der Waals surface area contributed by atoms with Crippen molar-refractivity contribution in [2.45, 2.75) is 36.0 Å². The number of aromatic nitrogens is 2. The van der Waals surface area contributed by atoms with Gasteiger partial charge in [-0.15, -0.1) is 22.7 Å². The van der Waals surface area contributed by atoms with Crippen molar-refractivity contribution in [1.82, 2.24) is 24.9 Å². The highest BCUT2D eigenvalue weighted by molar-refractivity contribution is 7.89. The number of rotatable bonds is 15. The Hall–Kier alpha value is -5.19. The zero-order chi connectivity index (χ0) is 37.4. The number of alkyl carbamates (subject to hydrolysis) is 1. The Morgan fingerprint density at radius 2 is 1.62 bits per heavy atom. The second kappa shape index (κ2) is 17.1. The molecule has 3 aromatic heterocycles. The van der Waals surface area contributed by atoms with Gasteiger partial charge in [0.25, 0.3) is 0 Å². The fourth-order valence-corrected chi connectivity index (χ4v) is 9.38. The largest absolute Gasteiger partial charge is 0.481 e. The first-order valence-electron chi connectivity index (χ1n) is 16.5. The lowest BCUT2D eigenvalue weighted by Crippen LogP contribution is -2.50. The Morgan fingerprint density at radius 3 is 2.28 bits per heavy atom. The summed E-state index contributed by atoms with van der Waals surface area (Å²) in [5.41, 5.74) is 4.45. The van der Waals surface area contributed by atoms with Crippen molar-refractivity contribution in [3.05, 3.63) is 141 Å². The predicted molar refractivity (Wildman–Crippen MR) is 203 cm³/mol. The highest BCUT2D eigenvalue weighted by Gasteiger charge is 2.35. The summed E-state index contributed by atoms with van der Waals surface area (Å²) >= 11 is 2.67. The highest BCUT2D eigenvalue weighted by Crippen LogP contribution is 2.35. The summed E-state index contributed by atoms with van der Waals surface area (Å²) in [5, 5.41) is 16.5. The van der Waals surface area contributed by atoms with Gasteiger partial charge in [0.1, 0.15) is 6.04 Å². The van der Waals surface area contributed by atoms with Crippen LogP contribution in [0.2, 0.25) is 0 Å². The summed E-state index contributed by atoms with van der Waals surface area (Å²) in [5.74, 6) is -0.668. The number of amides is 2. The fraction of sp³-hybridized carbons (Fsp3) is 0.211. The Bertz CT molecular complexity index is 2230. The van der Waals surface area contributed by atoms with Crippen LogP contribution >= 0.6 is 22.7 Å². The summed E-state index contributed by atoms with van der Waals surface area (Å²) in [6, 6.07) is 28.5. The zero-order valence-electron chi connectivity index (χ0n) is 28.8. The third kappa shape index (κ3) is 8.72. The molecule has 6 rings (SSSR count). The number of aliphatic hydroxyl groups is 1. The minimum Gasteiger partial charge on any atom is -0.481 e. The van der Waals surface area contributed by atoms with Gasteiger partial charge in [0.15, 0.2) is 0 Å². The number of thiazole rings is 1. The van der Waals surface area contributed by atoms with E-state index in [0.29, 0.717) is 26.7 Å². The maximum Gasteiger partial charge on any atom is 0.407 e. The van der Waals surface area contributed by atoms with E-state index in [9.17, 15) is 23.1 Å². The molecular weight excluding hydrogens is 735 g/mol. The molecule has 0 radical (unpaired) electrons. The van der Waals surface area contributed by atoms with Crippen molar-refractivity contribution in [2.75, 3.05) is 20.8 Å². The number of hydrogen-bond acceptors (Lipinski definition) is 11. The molecular formula is C38H37N5O7S3. The Morgan fingerprint density at radius 1 is 0.906 bits per heavy atom. The van der Waals surface area contributed by atoms with Crippen LogP contribution in [0.5, 0.6) is 5.88 Å². The van der Waals surface area contributed by atoms with E-state index >= 15 is 0 Å². The molecule has 15 heteroatoms. The number of ether oxygens (including phenoxy) is 2. The zero-order valence-corrected chi connectivity index (χ0v) is 31.2. The molecule has 3 aromatic carbocycles. The molecule has 0 aliphatic carbocycles. The third-order valence-electron chi connectivity index (χ3n) is 8.62. The molecule has 12 nitrogen and oxygen atoms in total. The first-order chi connectivity index (χ1) is 25.7. The fourth-order valence-electron chi connectivity index (χ4n) is 6.00. The predicted octanol–water partition coefficient (Wildman–Crippen LogP) is 5.86. The van der Waals surface area contributed by atoms with E-state index in [-0.39, 0.29) is 18.0 Å². The van der Waals surface area contributed by atoms with E-state index in [4.69, 9.17) is 9.47 Å². The van der Waals surface area contributed by atoms with Gasteiger partial charge in [-0.1, -0.05) is 60.7 Å². The van der Waals surface area contributed by atoms with Crippen LogP contribution in [-0.2, 0) is 32.6 Å². The van der Waals surface area contributed by atoms with E-state index in [1.807, 2.05) is 60.7 Å². The Kier molecular flexibility index (Phi) is 12.1. The molecule has 0 bridgehead atoms. The molecule has 0 spiro atoms. The van der Waals surface area contributed by atoms with Crippen LogP contribution in [0.25, 0.3) is 10.2 Å². The lowest BCUT2D eigenvalue weighted by atomic mass is 9.84. The second-order valence-electron chi connectivity index (χ2n) is 11.9. The minimum absolute atomic E-state index is 0.0370. The molecule has 0 saturated carbocycles. The van der Waals surface area contributed by atoms with E-state index in [0.717, 1.165) is 15.8 Å². The van der Waals surface area contributed by atoms with Crippen LogP contribution in [-0.4, -0.2) is 66.7 Å². The smallest absolute Gasteiger partial charge is 0.407 e. The van der Waals surface area contributed by atoms with Gasteiger partial charge in [-0.05, 0) is 53.1 Å². The molecule has 2 atom stereocenters. The van der Waals surface area contributed by atoms with Gasteiger partial charge in [-0.25, -0.2) is 23.2 Å². The minimum atomic E-state index is -4.19. The Labute approximate surface area is 315 Å². The molecule has 0 fully saturated rings. The average Bonchev–Trinajstić information content (AvgIpc) is 3.87. The van der Waals surface area contributed by atoms with Gasteiger partial charge >= 0.3 is 6.09 Å². The van der Waals surface area contributed by atoms with Crippen LogP contribution in [0.3, 0.4) is 0 Å². The Balaban J connectivity index is 1.28. The molecule has 2 amide bonds. The summed E-state index contributed by atoms with van der Waals surface area (Å²) in [7, 11) is -1.48. The molecule has 3 heterocycles. The summed E-state index contributed by atoms with van der Waals surface area (Å²) in [6.45, 7) is -0.535. The topological polar surface area (TPSA) is 160 Å². The molecule has 0 unspecified atom stereocenters. The van der Waals surface area contributed by atoms with Gasteiger partial charge in [0.05, 0.1) is 54.0 Å². The summed E-state index contributed by atoms with van der Waals surface area (Å²) in [4.78, 5) is 36.2. The van der Waals surface area contributed by atoms with E-state index in [1.165, 1.54) is 59.5 Å². The number of fused-ring (bicyclic) bond motifs is 1. The third-order valence-corrected chi connectivity index (χ3v) is 12.5. The van der Waals surface area contributed by atoms with Crippen molar-refractivity contribution < 1.29 is 32.6 Å². The molecule has 53 heavy (non-hydrogen) atoms. The lowest BCUT2D eigenvalue weighted by Gasteiger charge is -2.29. The lowest BCUT2D eigenvalue weighted by molar-refractivity contribution is -0.123. The van der Waals surface area contributed by atoms with Crippen LogP contribution in [0.1, 0.15) is 38.4 Å². The number of carbonyl (C=O) groups excluding carboxylic acids is 2. The van der Waals surface area contributed by atoms with Gasteiger partial charge < -0.3 is 25.2 Å². The van der Waals surface area contributed by atoms with Crippen LogP contribution in [0, 0.1) is 0 Å². The summed E-state index contributed by atoms with van der Waals surface area (Å²) in [6.07, 6.45) is 0.774. The monoisotopic (exact) mass is 771 g/mol. The number of nitrogens with one attached hydrogen (secondary N) is 2. The number of sulfonamides is 1. The number of carbonyl (C=O) groups is 2. The van der Waals surface area contributed by atoms with Crippen LogP contribution in [0.15, 0.2) is 120 Å². The van der Waals surface area contributed by atoms with Gasteiger partial charge in [-0.2, -0.15) is 4.31 Å². The number of nitrogens with zero attached hydrogens (tertiary/aromatic N) is 3. The number of hydrogen-bond donors (Lipinski definition) is 3. The highest BCUT2D eigenvalue weighted by atomic mass is 32.2. The van der Waals surface area contributed by atoms with E-state index in [2.05, 4.69) is 20.6 Å².